The standard InChI is InChI=1S/C21H35N5O.HI/c1-16(2)9-10-24-21(23-3)25-13-17-6-4-7-18(12-17)14-26-11-5-8-19(15-26)20(22)27;/h4,6-7,12,16,19H,5,8-11,13-15H2,1-3H3,(H2,22,27)(H2,23,24,25);1H. The highest BCUT2D eigenvalue weighted by molar-refractivity contribution is 14.0. The van der Waals surface area contributed by atoms with Crippen molar-refractivity contribution in [2.75, 3.05) is 26.7 Å². The number of nitrogens with zero attached hydrogens (tertiary/aromatic N) is 2. The van der Waals surface area contributed by atoms with Crippen molar-refractivity contribution in [1.29, 1.82) is 0 Å². The summed E-state index contributed by atoms with van der Waals surface area (Å²) in [5.74, 6) is 1.33. The van der Waals surface area contributed by atoms with E-state index in [2.05, 4.69) is 58.6 Å². The van der Waals surface area contributed by atoms with Crippen LogP contribution in [0.25, 0.3) is 0 Å². The fourth-order valence-corrected chi connectivity index (χ4v) is 3.41. The van der Waals surface area contributed by atoms with Crippen LogP contribution in [0.2, 0.25) is 0 Å². The maximum atomic E-state index is 11.5. The van der Waals surface area contributed by atoms with Gasteiger partial charge in [-0.2, -0.15) is 0 Å². The maximum absolute atomic E-state index is 11.5. The molecule has 1 fully saturated rings. The van der Waals surface area contributed by atoms with Crippen LogP contribution in [-0.4, -0.2) is 43.4 Å². The number of halogens is 1. The molecule has 0 bridgehead atoms. The van der Waals surface area contributed by atoms with E-state index < -0.39 is 0 Å². The topological polar surface area (TPSA) is 82.8 Å². The van der Waals surface area contributed by atoms with Crippen molar-refractivity contribution in [1.82, 2.24) is 15.5 Å². The van der Waals surface area contributed by atoms with Gasteiger partial charge < -0.3 is 16.4 Å². The Morgan fingerprint density at radius 1 is 1.32 bits per heavy atom. The van der Waals surface area contributed by atoms with E-state index in [9.17, 15) is 4.79 Å². The lowest BCUT2D eigenvalue weighted by Gasteiger charge is -2.31. The van der Waals surface area contributed by atoms with Gasteiger partial charge in [0.05, 0.1) is 5.92 Å². The third-order valence-electron chi connectivity index (χ3n) is 5.00. The zero-order valence-corrected chi connectivity index (χ0v) is 19.7. The lowest BCUT2D eigenvalue weighted by Crippen LogP contribution is -2.40. The average molecular weight is 501 g/mol. The molecule has 1 saturated heterocycles. The molecule has 0 spiro atoms. The van der Waals surface area contributed by atoms with Gasteiger partial charge in [-0.05, 0) is 42.9 Å². The van der Waals surface area contributed by atoms with Crippen LogP contribution in [0.3, 0.4) is 0 Å². The molecule has 6 nitrogen and oxygen atoms in total. The molecule has 158 valence electrons. The first-order chi connectivity index (χ1) is 13.0. The number of rotatable bonds is 8. The molecule has 1 aromatic rings. The van der Waals surface area contributed by atoms with Crippen molar-refractivity contribution in [2.45, 2.75) is 46.2 Å². The number of likely N-dealkylation sites (tertiary alicyclic amines) is 1. The minimum Gasteiger partial charge on any atom is -0.369 e. The fraction of sp³-hybridized carbons (Fsp3) is 0.619. The Balaban J connectivity index is 0.00000392. The van der Waals surface area contributed by atoms with Crippen molar-refractivity contribution in [3.8, 4) is 0 Å². The van der Waals surface area contributed by atoms with Gasteiger partial charge in [0.2, 0.25) is 5.91 Å². The quantitative estimate of drug-likeness (QED) is 0.291. The second-order valence-electron chi connectivity index (χ2n) is 7.83. The number of nitrogens with one attached hydrogen (secondary N) is 2. The summed E-state index contributed by atoms with van der Waals surface area (Å²) in [7, 11) is 1.80. The van der Waals surface area contributed by atoms with E-state index in [1.54, 1.807) is 7.05 Å². The molecule has 0 aromatic heterocycles. The Hall–Kier alpha value is -1.35. The van der Waals surface area contributed by atoms with Crippen LogP contribution in [0.15, 0.2) is 29.3 Å². The summed E-state index contributed by atoms with van der Waals surface area (Å²) in [5.41, 5.74) is 7.98. The van der Waals surface area contributed by atoms with Gasteiger partial charge >= 0.3 is 0 Å². The van der Waals surface area contributed by atoms with Crippen molar-refractivity contribution in [3.63, 3.8) is 0 Å². The Labute approximate surface area is 186 Å². The van der Waals surface area contributed by atoms with E-state index >= 15 is 0 Å². The monoisotopic (exact) mass is 501 g/mol. The molecular weight excluding hydrogens is 465 g/mol. The van der Waals surface area contributed by atoms with Gasteiger partial charge in [0.1, 0.15) is 0 Å². The van der Waals surface area contributed by atoms with E-state index in [1.165, 1.54) is 11.1 Å². The molecule has 1 atom stereocenters. The summed E-state index contributed by atoms with van der Waals surface area (Å²) in [6.45, 7) is 8.75. The number of carbonyl (C=O) groups is 1. The Morgan fingerprint density at radius 3 is 2.75 bits per heavy atom. The van der Waals surface area contributed by atoms with Crippen LogP contribution >= 0.6 is 24.0 Å². The predicted octanol–water partition coefficient (Wildman–Crippen LogP) is 2.71. The first-order valence-corrected chi connectivity index (χ1v) is 10.0. The minimum atomic E-state index is -0.172. The summed E-state index contributed by atoms with van der Waals surface area (Å²) < 4.78 is 0. The van der Waals surface area contributed by atoms with Gasteiger partial charge in [-0.15, -0.1) is 24.0 Å². The lowest BCUT2D eigenvalue weighted by atomic mass is 9.97. The van der Waals surface area contributed by atoms with E-state index in [-0.39, 0.29) is 35.8 Å². The Bertz CT molecular complexity index is 635. The van der Waals surface area contributed by atoms with Crippen molar-refractivity contribution >= 4 is 35.8 Å². The van der Waals surface area contributed by atoms with Crippen molar-refractivity contribution in [2.24, 2.45) is 22.6 Å². The molecule has 7 heteroatoms. The van der Waals surface area contributed by atoms with E-state index in [4.69, 9.17) is 5.73 Å². The smallest absolute Gasteiger partial charge is 0.221 e. The molecule has 1 aliphatic rings. The summed E-state index contributed by atoms with van der Waals surface area (Å²) in [6, 6.07) is 8.59. The number of primary amides is 1. The summed E-state index contributed by atoms with van der Waals surface area (Å²) in [4.78, 5) is 18.1. The number of hydrogen-bond donors (Lipinski definition) is 3. The van der Waals surface area contributed by atoms with E-state index in [0.29, 0.717) is 5.92 Å². The molecule has 1 unspecified atom stereocenters. The summed E-state index contributed by atoms with van der Waals surface area (Å²) in [5, 5.41) is 6.73. The Morgan fingerprint density at radius 2 is 2.07 bits per heavy atom. The molecule has 4 N–H and O–H groups in total. The molecule has 1 heterocycles. The number of piperidine rings is 1. The molecule has 0 radical (unpaired) electrons. The van der Waals surface area contributed by atoms with Crippen LogP contribution in [-0.2, 0) is 17.9 Å². The molecule has 1 amide bonds. The van der Waals surface area contributed by atoms with Gasteiger partial charge in [-0.1, -0.05) is 38.1 Å². The SMILES string of the molecule is CN=C(NCCC(C)C)NCc1cccc(CN2CCCC(C(N)=O)C2)c1.I. The van der Waals surface area contributed by atoms with Gasteiger partial charge in [0, 0.05) is 33.2 Å². The van der Waals surface area contributed by atoms with Crippen LogP contribution < -0.4 is 16.4 Å². The van der Waals surface area contributed by atoms with Gasteiger partial charge in [0.15, 0.2) is 5.96 Å². The zero-order chi connectivity index (χ0) is 19.6. The second kappa shape index (κ2) is 13.0. The number of aliphatic imine (C=N–C) groups is 1. The first-order valence-electron chi connectivity index (χ1n) is 10.0. The van der Waals surface area contributed by atoms with Crippen LogP contribution in [0.1, 0.15) is 44.2 Å². The maximum Gasteiger partial charge on any atom is 0.221 e. The molecule has 1 aromatic carbocycles. The molecule has 0 aliphatic carbocycles. The van der Waals surface area contributed by atoms with Crippen LogP contribution in [0.5, 0.6) is 0 Å². The fourth-order valence-electron chi connectivity index (χ4n) is 3.41. The summed E-state index contributed by atoms with van der Waals surface area (Å²) >= 11 is 0. The zero-order valence-electron chi connectivity index (χ0n) is 17.4. The highest BCUT2D eigenvalue weighted by Crippen LogP contribution is 2.18. The molecule has 28 heavy (non-hydrogen) atoms. The van der Waals surface area contributed by atoms with E-state index in [1.807, 2.05) is 0 Å². The number of benzene rings is 1. The van der Waals surface area contributed by atoms with E-state index in [0.717, 1.165) is 57.9 Å². The average Bonchev–Trinajstić information content (AvgIpc) is 2.64. The highest BCUT2D eigenvalue weighted by Gasteiger charge is 2.23. The first kappa shape index (κ1) is 24.7. The van der Waals surface area contributed by atoms with Crippen molar-refractivity contribution < 1.29 is 4.79 Å². The number of carbonyl (C=O) groups excluding carboxylic acids is 1. The molecular formula is C21H36IN5O. The van der Waals surface area contributed by atoms with Gasteiger partial charge in [0.25, 0.3) is 0 Å². The Kier molecular flexibility index (Phi) is 11.4. The number of nitrogens with two attached hydrogens (primary N) is 1. The lowest BCUT2D eigenvalue weighted by molar-refractivity contribution is -0.123. The predicted molar refractivity (Wildman–Crippen MR) is 127 cm³/mol. The number of hydrogen-bond acceptors (Lipinski definition) is 3. The van der Waals surface area contributed by atoms with Crippen molar-refractivity contribution in [3.05, 3.63) is 35.4 Å². The number of amides is 1. The number of guanidine groups is 1. The van der Waals surface area contributed by atoms with Gasteiger partial charge in [-0.3, -0.25) is 14.7 Å². The molecule has 0 saturated carbocycles. The third-order valence-corrected chi connectivity index (χ3v) is 5.00. The second-order valence-corrected chi connectivity index (χ2v) is 7.83. The normalized spacial score (nSPS) is 17.9. The summed E-state index contributed by atoms with van der Waals surface area (Å²) in [6.07, 6.45) is 3.07. The third kappa shape index (κ3) is 8.77. The van der Waals surface area contributed by atoms with Gasteiger partial charge in [-0.25, -0.2) is 0 Å². The largest absolute Gasteiger partial charge is 0.369 e. The molecule has 1 aliphatic heterocycles. The van der Waals surface area contributed by atoms with Crippen LogP contribution in [0.4, 0.5) is 0 Å². The molecule has 2 rings (SSSR count). The van der Waals surface area contributed by atoms with Crippen LogP contribution in [0, 0.1) is 11.8 Å². The highest BCUT2D eigenvalue weighted by atomic mass is 127. The minimum absolute atomic E-state index is 0.